The highest BCUT2D eigenvalue weighted by Gasteiger charge is 2.24. The second kappa shape index (κ2) is 7.63. The Kier molecular flexibility index (Phi) is 6.44. The van der Waals surface area contributed by atoms with Crippen LogP contribution in [0.15, 0.2) is 24.3 Å². The van der Waals surface area contributed by atoms with E-state index < -0.39 is 22.5 Å². The minimum Gasteiger partial charge on any atom is -0.480 e. The van der Waals surface area contributed by atoms with Gasteiger partial charge in [-0.3, -0.25) is 9.10 Å². The van der Waals surface area contributed by atoms with Gasteiger partial charge in [0.05, 0.1) is 24.2 Å². The molecule has 0 aliphatic heterocycles. The highest BCUT2D eigenvalue weighted by Crippen LogP contribution is 2.21. The number of hydrogen-bond donors (Lipinski definition) is 1. The van der Waals surface area contributed by atoms with E-state index in [0.717, 1.165) is 4.31 Å². The van der Waals surface area contributed by atoms with Gasteiger partial charge in [-0.05, 0) is 38.1 Å². The highest BCUT2D eigenvalue weighted by molar-refractivity contribution is 7.92. The van der Waals surface area contributed by atoms with Crippen molar-refractivity contribution in [3.63, 3.8) is 0 Å². The molecule has 0 saturated carbocycles. The molecule has 1 aromatic rings. The number of rotatable bonds is 8. The Morgan fingerprint density at radius 2 is 1.90 bits per heavy atom. The van der Waals surface area contributed by atoms with Crippen LogP contribution >= 0.6 is 11.6 Å². The third-order valence-corrected chi connectivity index (χ3v) is 4.47. The number of anilines is 1. The lowest BCUT2D eigenvalue weighted by Gasteiger charge is -2.23. The van der Waals surface area contributed by atoms with E-state index in [4.69, 9.17) is 21.4 Å². The molecule has 21 heavy (non-hydrogen) atoms. The molecule has 1 rings (SSSR count). The van der Waals surface area contributed by atoms with Gasteiger partial charge in [0, 0.05) is 5.02 Å². The molecule has 0 radical (unpaired) electrons. The summed E-state index contributed by atoms with van der Waals surface area (Å²) in [6, 6.07) is 5.94. The first-order valence-corrected chi connectivity index (χ1v) is 8.30. The van der Waals surface area contributed by atoms with E-state index in [1.165, 1.54) is 24.3 Å². The second-order valence-electron chi connectivity index (χ2n) is 4.61. The van der Waals surface area contributed by atoms with Gasteiger partial charge in [-0.15, -0.1) is 0 Å². The fourth-order valence-corrected chi connectivity index (χ4v) is 2.98. The fraction of sp³-hybridized carbons (Fsp3) is 0.462. The summed E-state index contributed by atoms with van der Waals surface area (Å²) in [7, 11) is -3.79. The van der Waals surface area contributed by atoms with Crippen LogP contribution in [0.4, 0.5) is 5.69 Å². The summed E-state index contributed by atoms with van der Waals surface area (Å²) in [5, 5.41) is 9.35. The minimum atomic E-state index is -3.79. The lowest BCUT2D eigenvalue weighted by molar-refractivity contribution is -0.135. The molecule has 0 amide bonds. The zero-order valence-electron chi connectivity index (χ0n) is 11.8. The smallest absolute Gasteiger partial charge is 0.324 e. The summed E-state index contributed by atoms with van der Waals surface area (Å²) in [6.07, 6.45) is -0.0938. The molecule has 0 aliphatic carbocycles. The standard InChI is InChI=1S/C13H18ClNO5S/c1-10(2)20-7-8-21(18,19)15(9-13(16)17)12-5-3-11(14)4-6-12/h3-6,10H,7-9H2,1-2H3,(H,16,17). The molecular formula is C13H18ClNO5S. The molecule has 0 bridgehead atoms. The van der Waals surface area contributed by atoms with Gasteiger partial charge in [0.15, 0.2) is 0 Å². The van der Waals surface area contributed by atoms with Gasteiger partial charge in [0.2, 0.25) is 10.0 Å². The van der Waals surface area contributed by atoms with E-state index >= 15 is 0 Å². The molecule has 0 spiro atoms. The minimum absolute atomic E-state index is 0.00368. The lowest BCUT2D eigenvalue weighted by atomic mass is 10.3. The molecule has 1 N–H and O–H groups in total. The molecule has 6 nitrogen and oxygen atoms in total. The maximum atomic E-state index is 12.3. The topological polar surface area (TPSA) is 83.9 Å². The van der Waals surface area contributed by atoms with Crippen LogP contribution in [0.5, 0.6) is 0 Å². The largest absolute Gasteiger partial charge is 0.480 e. The van der Waals surface area contributed by atoms with Gasteiger partial charge in [-0.2, -0.15) is 0 Å². The molecular weight excluding hydrogens is 318 g/mol. The van der Waals surface area contributed by atoms with E-state index in [-0.39, 0.29) is 24.2 Å². The quantitative estimate of drug-likeness (QED) is 0.785. The van der Waals surface area contributed by atoms with Crippen molar-refractivity contribution >= 4 is 33.3 Å². The first-order chi connectivity index (χ1) is 9.72. The first-order valence-electron chi connectivity index (χ1n) is 6.32. The summed E-state index contributed by atoms with van der Waals surface area (Å²) in [4.78, 5) is 10.9. The zero-order valence-corrected chi connectivity index (χ0v) is 13.4. The Morgan fingerprint density at radius 3 is 2.38 bits per heavy atom. The van der Waals surface area contributed by atoms with Crippen molar-refractivity contribution in [2.24, 2.45) is 0 Å². The van der Waals surface area contributed by atoms with Crippen molar-refractivity contribution in [3.8, 4) is 0 Å². The molecule has 0 atom stereocenters. The summed E-state index contributed by atoms with van der Waals surface area (Å²) >= 11 is 5.75. The summed E-state index contributed by atoms with van der Waals surface area (Å²) in [5.41, 5.74) is 0.256. The normalized spacial score (nSPS) is 11.6. The number of aliphatic carboxylic acids is 1. The predicted molar refractivity (Wildman–Crippen MR) is 81.3 cm³/mol. The Morgan fingerprint density at radius 1 is 1.33 bits per heavy atom. The molecule has 8 heteroatoms. The van der Waals surface area contributed by atoms with Crippen LogP contribution in [0.3, 0.4) is 0 Å². The number of carboxylic acids is 1. The Balaban J connectivity index is 2.95. The monoisotopic (exact) mass is 335 g/mol. The van der Waals surface area contributed by atoms with Crippen LogP contribution in [-0.4, -0.2) is 44.5 Å². The number of hydrogen-bond acceptors (Lipinski definition) is 4. The van der Waals surface area contributed by atoms with E-state index in [2.05, 4.69) is 0 Å². The van der Waals surface area contributed by atoms with Crippen molar-refractivity contribution in [2.45, 2.75) is 20.0 Å². The van der Waals surface area contributed by atoms with E-state index in [1.807, 2.05) is 0 Å². The molecule has 118 valence electrons. The number of nitrogens with zero attached hydrogens (tertiary/aromatic N) is 1. The molecule has 0 fully saturated rings. The molecule has 0 aliphatic rings. The maximum absolute atomic E-state index is 12.3. The Labute approximate surface area is 129 Å². The SMILES string of the molecule is CC(C)OCCS(=O)(=O)N(CC(=O)O)c1ccc(Cl)cc1. The van der Waals surface area contributed by atoms with Gasteiger partial charge in [0.1, 0.15) is 6.54 Å². The van der Waals surface area contributed by atoms with Crippen LogP contribution < -0.4 is 4.31 Å². The van der Waals surface area contributed by atoms with Crippen LogP contribution in [0.25, 0.3) is 0 Å². The van der Waals surface area contributed by atoms with Crippen molar-refractivity contribution in [1.29, 1.82) is 0 Å². The molecule has 0 heterocycles. The van der Waals surface area contributed by atoms with Gasteiger partial charge in [-0.25, -0.2) is 8.42 Å². The van der Waals surface area contributed by atoms with Crippen molar-refractivity contribution in [2.75, 3.05) is 23.2 Å². The molecule has 0 aromatic heterocycles. The average Bonchev–Trinajstić information content (AvgIpc) is 2.36. The number of halogens is 1. The zero-order chi connectivity index (χ0) is 16.0. The predicted octanol–water partition coefficient (Wildman–Crippen LogP) is 1.99. The summed E-state index contributed by atoms with van der Waals surface area (Å²) < 4.78 is 30.6. The van der Waals surface area contributed by atoms with E-state index in [0.29, 0.717) is 5.02 Å². The van der Waals surface area contributed by atoms with Crippen LogP contribution in [0.2, 0.25) is 5.02 Å². The van der Waals surface area contributed by atoms with Gasteiger partial charge in [0.25, 0.3) is 0 Å². The fourth-order valence-electron chi connectivity index (χ4n) is 1.58. The van der Waals surface area contributed by atoms with Crippen molar-refractivity contribution < 1.29 is 23.1 Å². The van der Waals surface area contributed by atoms with Crippen molar-refractivity contribution in [1.82, 2.24) is 0 Å². The lowest BCUT2D eigenvalue weighted by Crippen LogP contribution is -2.38. The van der Waals surface area contributed by atoms with Gasteiger partial charge >= 0.3 is 5.97 Å². The first kappa shape index (κ1) is 17.7. The molecule has 0 unspecified atom stereocenters. The Hall–Kier alpha value is -1.31. The highest BCUT2D eigenvalue weighted by atomic mass is 35.5. The van der Waals surface area contributed by atoms with E-state index in [1.54, 1.807) is 13.8 Å². The number of ether oxygens (including phenoxy) is 1. The number of carbonyl (C=O) groups is 1. The number of benzene rings is 1. The van der Waals surface area contributed by atoms with Crippen molar-refractivity contribution in [3.05, 3.63) is 29.3 Å². The van der Waals surface area contributed by atoms with Crippen LogP contribution in [0, 0.1) is 0 Å². The number of sulfonamides is 1. The molecule has 0 saturated heterocycles. The van der Waals surface area contributed by atoms with Gasteiger partial charge < -0.3 is 9.84 Å². The number of carboxylic acid groups (broad SMARTS) is 1. The van der Waals surface area contributed by atoms with Crippen LogP contribution in [-0.2, 0) is 19.6 Å². The summed E-state index contributed by atoms with van der Waals surface area (Å²) in [6.45, 7) is 2.94. The summed E-state index contributed by atoms with van der Waals surface area (Å²) in [5.74, 6) is -1.53. The maximum Gasteiger partial charge on any atom is 0.324 e. The third kappa shape index (κ3) is 5.91. The average molecular weight is 336 g/mol. The second-order valence-corrected chi connectivity index (χ2v) is 7.06. The third-order valence-electron chi connectivity index (χ3n) is 2.52. The van der Waals surface area contributed by atoms with Gasteiger partial charge in [-0.1, -0.05) is 11.6 Å². The molecule has 1 aromatic carbocycles. The van der Waals surface area contributed by atoms with Crippen LogP contribution in [0.1, 0.15) is 13.8 Å². The Bertz CT molecular complexity index is 571. The van der Waals surface area contributed by atoms with E-state index in [9.17, 15) is 13.2 Å².